The summed E-state index contributed by atoms with van der Waals surface area (Å²) in [6, 6.07) is 1.54. The molecule has 76 valence electrons. The largest absolute Gasteiger partial charge is 0.476 e. The van der Waals surface area contributed by atoms with Gasteiger partial charge in [0.15, 0.2) is 5.69 Å². The monoisotopic (exact) mass is 196 g/mol. The summed E-state index contributed by atoms with van der Waals surface area (Å²) in [5, 5.41) is 15.1. The molecule has 1 aliphatic heterocycles. The maximum absolute atomic E-state index is 10.6. The van der Waals surface area contributed by atoms with Gasteiger partial charge in [-0.15, -0.1) is 0 Å². The highest BCUT2D eigenvalue weighted by molar-refractivity contribution is 5.85. The van der Waals surface area contributed by atoms with Crippen molar-refractivity contribution in [2.75, 3.05) is 6.61 Å². The number of aromatic nitrogens is 2. The van der Waals surface area contributed by atoms with Crippen LogP contribution < -0.4 is 0 Å². The second kappa shape index (κ2) is 3.79. The number of H-pyrrole nitrogens is 1. The molecule has 5 nitrogen and oxygen atoms in total. The number of rotatable bonds is 2. The van der Waals surface area contributed by atoms with Gasteiger partial charge in [0.05, 0.1) is 11.8 Å². The molecule has 1 atom stereocenters. The van der Waals surface area contributed by atoms with E-state index in [1.165, 1.54) is 6.07 Å². The third-order valence-electron chi connectivity index (χ3n) is 2.34. The zero-order valence-corrected chi connectivity index (χ0v) is 7.69. The minimum absolute atomic E-state index is 0.00986. The van der Waals surface area contributed by atoms with E-state index < -0.39 is 5.97 Å². The lowest BCUT2D eigenvalue weighted by atomic mass is 10.1. The van der Waals surface area contributed by atoms with Crippen LogP contribution in [0.2, 0.25) is 0 Å². The fourth-order valence-electron chi connectivity index (χ4n) is 1.60. The number of hydrogen-bond donors (Lipinski definition) is 2. The highest BCUT2D eigenvalue weighted by Gasteiger charge is 2.19. The van der Waals surface area contributed by atoms with E-state index in [0.29, 0.717) is 0 Å². The van der Waals surface area contributed by atoms with E-state index in [1.807, 2.05) is 0 Å². The molecule has 0 amide bonds. The molecule has 0 radical (unpaired) electrons. The number of nitrogens with one attached hydrogen (secondary N) is 1. The van der Waals surface area contributed by atoms with Crippen LogP contribution in [-0.4, -0.2) is 27.9 Å². The summed E-state index contributed by atoms with van der Waals surface area (Å²) in [6.45, 7) is 0.742. The maximum atomic E-state index is 10.6. The first-order chi connectivity index (χ1) is 6.77. The second-order valence-electron chi connectivity index (χ2n) is 3.37. The van der Waals surface area contributed by atoms with Gasteiger partial charge >= 0.3 is 5.97 Å². The van der Waals surface area contributed by atoms with Crippen LogP contribution in [0.3, 0.4) is 0 Å². The lowest BCUT2D eigenvalue weighted by molar-refractivity contribution is 0.0123. The van der Waals surface area contributed by atoms with Crippen molar-refractivity contribution in [3.05, 3.63) is 17.5 Å². The minimum atomic E-state index is -1.01. The summed E-state index contributed by atoms with van der Waals surface area (Å²) in [7, 11) is 0. The van der Waals surface area contributed by atoms with Crippen molar-refractivity contribution >= 4 is 5.97 Å². The number of aromatic carboxylic acids is 1. The zero-order valence-electron chi connectivity index (χ0n) is 7.69. The maximum Gasteiger partial charge on any atom is 0.356 e. The number of hydrogen-bond acceptors (Lipinski definition) is 3. The third kappa shape index (κ3) is 1.77. The Morgan fingerprint density at radius 3 is 3.07 bits per heavy atom. The van der Waals surface area contributed by atoms with Crippen LogP contribution in [0, 0.1) is 0 Å². The standard InChI is InChI=1S/C9H12N2O3/c12-9(13)7-5-6(10-11-7)8-3-1-2-4-14-8/h5,8H,1-4H2,(H,10,11)(H,12,13). The first kappa shape index (κ1) is 9.21. The van der Waals surface area contributed by atoms with Crippen LogP contribution in [-0.2, 0) is 4.74 Å². The van der Waals surface area contributed by atoms with Crippen molar-refractivity contribution < 1.29 is 14.6 Å². The first-order valence-electron chi connectivity index (χ1n) is 4.67. The molecule has 0 aliphatic carbocycles. The summed E-state index contributed by atoms with van der Waals surface area (Å²) in [4.78, 5) is 10.6. The van der Waals surface area contributed by atoms with Crippen molar-refractivity contribution in [2.24, 2.45) is 0 Å². The van der Waals surface area contributed by atoms with Gasteiger partial charge in [-0.2, -0.15) is 5.10 Å². The normalized spacial score (nSPS) is 22.1. The van der Waals surface area contributed by atoms with Crippen molar-refractivity contribution in [2.45, 2.75) is 25.4 Å². The molecule has 0 aromatic carbocycles. The van der Waals surface area contributed by atoms with Crippen molar-refractivity contribution in [3.8, 4) is 0 Å². The zero-order chi connectivity index (χ0) is 9.97. The molecular weight excluding hydrogens is 184 g/mol. The Morgan fingerprint density at radius 2 is 2.50 bits per heavy atom. The quantitative estimate of drug-likeness (QED) is 0.748. The van der Waals surface area contributed by atoms with Gasteiger partial charge < -0.3 is 9.84 Å². The summed E-state index contributed by atoms with van der Waals surface area (Å²) in [5.41, 5.74) is 0.816. The fraction of sp³-hybridized carbons (Fsp3) is 0.556. The third-order valence-corrected chi connectivity index (χ3v) is 2.34. The topological polar surface area (TPSA) is 75.2 Å². The number of carboxylic acid groups (broad SMARTS) is 1. The highest BCUT2D eigenvalue weighted by atomic mass is 16.5. The van der Waals surface area contributed by atoms with E-state index in [2.05, 4.69) is 10.2 Å². The molecule has 0 saturated carbocycles. The van der Waals surface area contributed by atoms with Crippen molar-refractivity contribution in [1.29, 1.82) is 0 Å². The number of ether oxygens (including phenoxy) is 1. The van der Waals surface area contributed by atoms with E-state index in [1.54, 1.807) is 0 Å². The lowest BCUT2D eigenvalue weighted by Gasteiger charge is -2.20. The Bertz CT molecular complexity index is 329. The van der Waals surface area contributed by atoms with Gasteiger partial charge in [-0.3, -0.25) is 5.10 Å². The summed E-state index contributed by atoms with van der Waals surface area (Å²) in [6.07, 6.45) is 3.12. The van der Waals surface area contributed by atoms with Gasteiger partial charge in [0.25, 0.3) is 0 Å². The number of nitrogens with zero attached hydrogens (tertiary/aromatic N) is 1. The van der Waals surface area contributed by atoms with Crippen LogP contribution >= 0.6 is 0 Å². The summed E-state index contributed by atoms with van der Waals surface area (Å²) < 4.78 is 5.49. The molecule has 1 fully saturated rings. The van der Waals surface area contributed by atoms with Crippen LogP contribution in [0.15, 0.2) is 6.07 Å². The molecule has 14 heavy (non-hydrogen) atoms. The molecule has 1 aliphatic rings. The molecular formula is C9H12N2O3. The van der Waals surface area contributed by atoms with Gasteiger partial charge in [-0.25, -0.2) is 4.79 Å². The Kier molecular flexibility index (Phi) is 2.49. The van der Waals surface area contributed by atoms with Gasteiger partial charge in [-0.1, -0.05) is 0 Å². The van der Waals surface area contributed by atoms with Crippen LogP contribution in [0.1, 0.15) is 41.5 Å². The molecule has 1 aromatic heterocycles. The average molecular weight is 196 g/mol. The first-order valence-corrected chi connectivity index (χ1v) is 4.67. The van der Waals surface area contributed by atoms with E-state index in [4.69, 9.17) is 9.84 Å². The molecule has 1 saturated heterocycles. The molecule has 1 aromatic rings. The van der Waals surface area contributed by atoms with Gasteiger partial charge in [-0.05, 0) is 25.3 Å². The van der Waals surface area contributed by atoms with Crippen molar-refractivity contribution in [1.82, 2.24) is 10.2 Å². The minimum Gasteiger partial charge on any atom is -0.476 e. The average Bonchev–Trinajstić information content (AvgIpc) is 2.68. The molecule has 1 unspecified atom stereocenters. The molecule has 2 rings (SSSR count). The molecule has 2 N–H and O–H groups in total. The van der Waals surface area contributed by atoms with Gasteiger partial charge in [0, 0.05) is 6.61 Å². The Labute approximate surface area is 81.1 Å². The highest BCUT2D eigenvalue weighted by Crippen LogP contribution is 2.26. The Hall–Kier alpha value is -1.36. The number of aromatic amines is 1. The fourth-order valence-corrected chi connectivity index (χ4v) is 1.60. The van der Waals surface area contributed by atoms with Crippen molar-refractivity contribution in [3.63, 3.8) is 0 Å². The predicted octanol–water partition coefficient (Wildman–Crippen LogP) is 1.35. The van der Waals surface area contributed by atoms with E-state index in [-0.39, 0.29) is 11.8 Å². The van der Waals surface area contributed by atoms with E-state index >= 15 is 0 Å². The summed E-state index contributed by atoms with van der Waals surface area (Å²) in [5.74, 6) is -1.01. The SMILES string of the molecule is O=C(O)c1cc(C2CCCCO2)[nH]n1. The molecule has 2 heterocycles. The predicted molar refractivity (Wildman–Crippen MR) is 48.1 cm³/mol. The lowest BCUT2D eigenvalue weighted by Crippen LogP contribution is -2.11. The number of carboxylic acids is 1. The smallest absolute Gasteiger partial charge is 0.356 e. The molecule has 5 heteroatoms. The van der Waals surface area contributed by atoms with Crippen LogP contribution in [0.4, 0.5) is 0 Å². The molecule has 0 spiro atoms. The van der Waals surface area contributed by atoms with Crippen LogP contribution in [0.25, 0.3) is 0 Å². The Balaban J connectivity index is 2.11. The second-order valence-corrected chi connectivity index (χ2v) is 3.37. The van der Waals surface area contributed by atoms with Crippen LogP contribution in [0.5, 0.6) is 0 Å². The van der Waals surface area contributed by atoms with Gasteiger partial charge in [0.2, 0.25) is 0 Å². The molecule has 0 bridgehead atoms. The number of carbonyl (C=O) groups is 1. The van der Waals surface area contributed by atoms with Gasteiger partial charge in [0.1, 0.15) is 0 Å². The Morgan fingerprint density at radius 1 is 1.64 bits per heavy atom. The van der Waals surface area contributed by atoms with E-state index in [9.17, 15) is 4.79 Å². The summed E-state index contributed by atoms with van der Waals surface area (Å²) >= 11 is 0. The van der Waals surface area contributed by atoms with E-state index in [0.717, 1.165) is 31.6 Å².